The van der Waals surface area contributed by atoms with Crippen LogP contribution in [0.1, 0.15) is 32.6 Å². The first-order valence-corrected chi connectivity index (χ1v) is 5.27. The molecule has 2 aliphatic rings. The lowest BCUT2D eigenvalue weighted by molar-refractivity contribution is -0.120. The van der Waals surface area contributed by atoms with Gasteiger partial charge in [0, 0.05) is 12.1 Å². The standard InChI is InChI=1S/C10H18N2O/c1-7-4-9(5-7)11-6-10(13)12-8-2-3-8/h7-9,11H,2-6H2,1H3,(H,12,13). The Morgan fingerprint density at radius 3 is 2.54 bits per heavy atom. The van der Waals surface area contributed by atoms with Gasteiger partial charge in [0.05, 0.1) is 6.54 Å². The highest BCUT2D eigenvalue weighted by Gasteiger charge is 2.26. The summed E-state index contributed by atoms with van der Waals surface area (Å²) < 4.78 is 0. The minimum atomic E-state index is 0.169. The van der Waals surface area contributed by atoms with Crippen LogP contribution in [0.15, 0.2) is 0 Å². The fraction of sp³-hybridized carbons (Fsp3) is 0.900. The van der Waals surface area contributed by atoms with E-state index in [1.165, 1.54) is 25.7 Å². The molecule has 0 saturated heterocycles. The lowest BCUT2D eigenvalue weighted by Crippen LogP contribution is -2.45. The van der Waals surface area contributed by atoms with Crippen LogP contribution in [0.5, 0.6) is 0 Å². The maximum atomic E-state index is 11.2. The Morgan fingerprint density at radius 2 is 2.00 bits per heavy atom. The van der Waals surface area contributed by atoms with Crippen molar-refractivity contribution in [1.82, 2.24) is 10.6 Å². The molecule has 0 heterocycles. The number of nitrogens with one attached hydrogen (secondary N) is 2. The lowest BCUT2D eigenvalue weighted by Gasteiger charge is -2.33. The maximum absolute atomic E-state index is 11.2. The molecule has 3 heteroatoms. The molecular weight excluding hydrogens is 164 g/mol. The summed E-state index contributed by atoms with van der Waals surface area (Å²) in [6.07, 6.45) is 4.81. The number of amides is 1. The first-order valence-electron chi connectivity index (χ1n) is 5.27. The Hall–Kier alpha value is -0.570. The molecule has 2 N–H and O–H groups in total. The quantitative estimate of drug-likeness (QED) is 0.670. The Labute approximate surface area is 79.3 Å². The van der Waals surface area contributed by atoms with Crippen LogP contribution in [0, 0.1) is 5.92 Å². The summed E-state index contributed by atoms with van der Waals surface area (Å²) in [6.45, 7) is 2.76. The zero-order valence-corrected chi connectivity index (χ0v) is 8.18. The van der Waals surface area contributed by atoms with Gasteiger partial charge in [0.2, 0.25) is 5.91 Å². The summed E-state index contributed by atoms with van der Waals surface area (Å²) >= 11 is 0. The number of carbonyl (C=O) groups excluding carboxylic acids is 1. The van der Waals surface area contributed by atoms with Gasteiger partial charge in [-0.25, -0.2) is 0 Å². The van der Waals surface area contributed by atoms with E-state index >= 15 is 0 Å². The second-order valence-electron chi connectivity index (χ2n) is 4.50. The first kappa shape index (κ1) is 9.00. The molecule has 3 nitrogen and oxygen atoms in total. The minimum Gasteiger partial charge on any atom is -0.352 e. The molecule has 0 atom stereocenters. The smallest absolute Gasteiger partial charge is 0.234 e. The molecular formula is C10H18N2O. The van der Waals surface area contributed by atoms with E-state index in [4.69, 9.17) is 0 Å². The monoisotopic (exact) mass is 182 g/mol. The van der Waals surface area contributed by atoms with E-state index < -0.39 is 0 Å². The fourth-order valence-corrected chi connectivity index (χ4v) is 1.81. The summed E-state index contributed by atoms with van der Waals surface area (Å²) in [5.74, 6) is 1.02. The highest BCUT2D eigenvalue weighted by molar-refractivity contribution is 5.78. The van der Waals surface area contributed by atoms with Gasteiger partial charge in [0.1, 0.15) is 0 Å². The summed E-state index contributed by atoms with van der Waals surface area (Å²) in [5, 5.41) is 6.24. The van der Waals surface area contributed by atoms with E-state index in [2.05, 4.69) is 17.6 Å². The highest BCUT2D eigenvalue weighted by Crippen LogP contribution is 2.25. The summed E-state index contributed by atoms with van der Waals surface area (Å²) in [5.41, 5.74) is 0. The van der Waals surface area contributed by atoms with E-state index in [9.17, 15) is 4.79 Å². The van der Waals surface area contributed by atoms with Crippen LogP contribution in [0.3, 0.4) is 0 Å². The first-order chi connectivity index (χ1) is 6.24. The molecule has 13 heavy (non-hydrogen) atoms. The molecule has 2 rings (SSSR count). The molecule has 0 aliphatic heterocycles. The van der Waals surface area contributed by atoms with Crippen LogP contribution in [-0.2, 0) is 4.79 Å². The van der Waals surface area contributed by atoms with Gasteiger partial charge in [-0.2, -0.15) is 0 Å². The maximum Gasteiger partial charge on any atom is 0.234 e. The Kier molecular flexibility index (Phi) is 2.54. The molecule has 0 bridgehead atoms. The predicted octanol–water partition coefficient (Wildman–Crippen LogP) is 0.653. The van der Waals surface area contributed by atoms with Crippen molar-refractivity contribution in [2.75, 3.05) is 6.54 Å². The number of carbonyl (C=O) groups is 1. The second kappa shape index (κ2) is 3.66. The van der Waals surface area contributed by atoms with Crippen molar-refractivity contribution in [1.29, 1.82) is 0 Å². The van der Waals surface area contributed by atoms with Gasteiger partial charge in [0.15, 0.2) is 0 Å². The topological polar surface area (TPSA) is 41.1 Å². The van der Waals surface area contributed by atoms with Crippen molar-refractivity contribution in [3.8, 4) is 0 Å². The minimum absolute atomic E-state index is 0.169. The number of hydrogen-bond acceptors (Lipinski definition) is 2. The number of rotatable bonds is 4. The van der Waals surface area contributed by atoms with Gasteiger partial charge in [-0.3, -0.25) is 4.79 Å². The van der Waals surface area contributed by atoms with Gasteiger partial charge >= 0.3 is 0 Å². The average molecular weight is 182 g/mol. The largest absolute Gasteiger partial charge is 0.352 e. The third-order valence-electron chi connectivity index (χ3n) is 2.87. The van der Waals surface area contributed by atoms with Crippen LogP contribution in [0.2, 0.25) is 0 Å². The van der Waals surface area contributed by atoms with Crippen molar-refractivity contribution in [2.45, 2.75) is 44.7 Å². The lowest BCUT2D eigenvalue weighted by atomic mass is 9.82. The van der Waals surface area contributed by atoms with Crippen LogP contribution < -0.4 is 10.6 Å². The van der Waals surface area contributed by atoms with Crippen LogP contribution in [0.25, 0.3) is 0 Å². The zero-order valence-electron chi connectivity index (χ0n) is 8.18. The Bertz CT molecular complexity index is 195. The molecule has 74 valence electrons. The van der Waals surface area contributed by atoms with Crippen molar-refractivity contribution in [2.24, 2.45) is 5.92 Å². The molecule has 2 saturated carbocycles. The van der Waals surface area contributed by atoms with Gasteiger partial charge in [-0.15, -0.1) is 0 Å². The van der Waals surface area contributed by atoms with Crippen molar-refractivity contribution in [3.05, 3.63) is 0 Å². The van der Waals surface area contributed by atoms with Crippen molar-refractivity contribution < 1.29 is 4.79 Å². The van der Waals surface area contributed by atoms with Gasteiger partial charge in [-0.05, 0) is 31.6 Å². The molecule has 0 unspecified atom stereocenters. The second-order valence-corrected chi connectivity index (χ2v) is 4.50. The van der Waals surface area contributed by atoms with Crippen LogP contribution in [-0.4, -0.2) is 24.5 Å². The third kappa shape index (κ3) is 2.69. The van der Waals surface area contributed by atoms with E-state index in [-0.39, 0.29) is 5.91 Å². The Morgan fingerprint density at radius 1 is 1.31 bits per heavy atom. The molecule has 0 radical (unpaired) electrons. The SMILES string of the molecule is CC1CC(NCC(=O)NC2CC2)C1. The Balaban J connectivity index is 1.54. The van der Waals surface area contributed by atoms with Gasteiger partial charge < -0.3 is 10.6 Å². The van der Waals surface area contributed by atoms with E-state index in [0.717, 1.165) is 5.92 Å². The molecule has 0 aromatic heterocycles. The molecule has 2 aliphatic carbocycles. The van der Waals surface area contributed by atoms with Crippen LogP contribution >= 0.6 is 0 Å². The van der Waals surface area contributed by atoms with Crippen LogP contribution in [0.4, 0.5) is 0 Å². The zero-order chi connectivity index (χ0) is 9.26. The van der Waals surface area contributed by atoms with E-state index in [1.807, 2.05) is 0 Å². The molecule has 0 aromatic carbocycles. The predicted molar refractivity (Wildman–Crippen MR) is 51.4 cm³/mol. The molecule has 0 aromatic rings. The third-order valence-corrected chi connectivity index (χ3v) is 2.87. The molecule has 0 spiro atoms. The highest BCUT2D eigenvalue weighted by atomic mass is 16.2. The van der Waals surface area contributed by atoms with E-state index in [1.54, 1.807) is 0 Å². The molecule has 1 amide bonds. The summed E-state index contributed by atoms with van der Waals surface area (Å²) in [6, 6.07) is 1.09. The summed E-state index contributed by atoms with van der Waals surface area (Å²) in [4.78, 5) is 11.2. The summed E-state index contributed by atoms with van der Waals surface area (Å²) in [7, 11) is 0. The normalized spacial score (nSPS) is 32.4. The van der Waals surface area contributed by atoms with Gasteiger partial charge in [-0.1, -0.05) is 6.92 Å². The van der Waals surface area contributed by atoms with E-state index in [0.29, 0.717) is 18.6 Å². The molecule has 2 fully saturated rings. The average Bonchev–Trinajstić information content (AvgIpc) is 2.79. The van der Waals surface area contributed by atoms with Crippen molar-refractivity contribution >= 4 is 5.91 Å². The van der Waals surface area contributed by atoms with Crippen molar-refractivity contribution in [3.63, 3.8) is 0 Å². The number of hydrogen-bond donors (Lipinski definition) is 2. The fourth-order valence-electron chi connectivity index (χ4n) is 1.81. The van der Waals surface area contributed by atoms with Gasteiger partial charge in [0.25, 0.3) is 0 Å².